The Morgan fingerprint density at radius 3 is 2.44 bits per heavy atom. The van der Waals surface area contributed by atoms with Crippen LogP contribution in [0.1, 0.15) is 20.8 Å². The molecular formula is C21H21N3O6S2. The average molecular weight is 476 g/mol. The van der Waals surface area contributed by atoms with Crippen LogP contribution in [0.4, 0.5) is 11.4 Å². The highest BCUT2D eigenvalue weighted by Crippen LogP contribution is 2.31. The standard InChI is InChI=1S/C21H21N3O6S2/c1-14-10-11-31-20(14)13-23(2)21(25)15-4-7-17(8-5-15)32(28,29)22-18-12-16(24(26)27)6-9-19(18)30-3/h4-12,22H,13H2,1-3H3. The third-order valence-corrected chi connectivity index (χ3v) is 7.13. The highest BCUT2D eigenvalue weighted by atomic mass is 32.2. The van der Waals surface area contributed by atoms with E-state index in [0.717, 1.165) is 16.5 Å². The van der Waals surface area contributed by atoms with Gasteiger partial charge in [0.1, 0.15) is 5.75 Å². The number of carbonyl (C=O) groups is 1. The van der Waals surface area contributed by atoms with Gasteiger partial charge in [-0.05, 0) is 54.3 Å². The summed E-state index contributed by atoms with van der Waals surface area (Å²) in [6, 6.07) is 11.1. The maximum atomic E-state index is 12.8. The second-order valence-corrected chi connectivity index (χ2v) is 9.64. The number of non-ortho nitro benzene ring substituents is 1. The molecule has 1 N–H and O–H groups in total. The summed E-state index contributed by atoms with van der Waals surface area (Å²) < 4.78 is 33.0. The van der Waals surface area contributed by atoms with E-state index < -0.39 is 14.9 Å². The average Bonchev–Trinajstić information content (AvgIpc) is 3.17. The van der Waals surface area contributed by atoms with Gasteiger partial charge in [0.05, 0.1) is 29.2 Å². The van der Waals surface area contributed by atoms with Crippen LogP contribution in [0.25, 0.3) is 0 Å². The molecule has 0 unspecified atom stereocenters. The second kappa shape index (κ2) is 9.37. The van der Waals surface area contributed by atoms with Gasteiger partial charge < -0.3 is 9.64 Å². The zero-order valence-electron chi connectivity index (χ0n) is 17.6. The fraction of sp³-hybridized carbons (Fsp3) is 0.190. The van der Waals surface area contributed by atoms with Crippen LogP contribution >= 0.6 is 11.3 Å². The molecule has 0 aliphatic carbocycles. The van der Waals surface area contributed by atoms with Crippen molar-refractivity contribution < 1.29 is 22.9 Å². The minimum Gasteiger partial charge on any atom is -0.495 e. The number of benzene rings is 2. The van der Waals surface area contributed by atoms with E-state index in [9.17, 15) is 23.3 Å². The minimum atomic E-state index is -4.07. The van der Waals surface area contributed by atoms with Crippen molar-refractivity contribution in [2.24, 2.45) is 0 Å². The van der Waals surface area contributed by atoms with E-state index in [1.807, 2.05) is 18.4 Å². The molecule has 0 saturated carbocycles. The molecule has 0 atom stereocenters. The van der Waals surface area contributed by atoms with Crippen molar-refractivity contribution in [2.45, 2.75) is 18.4 Å². The Labute approximate surface area is 189 Å². The highest BCUT2D eigenvalue weighted by molar-refractivity contribution is 7.92. The summed E-state index contributed by atoms with van der Waals surface area (Å²) in [4.78, 5) is 25.6. The van der Waals surface area contributed by atoms with Gasteiger partial charge in [0.15, 0.2) is 0 Å². The van der Waals surface area contributed by atoms with Gasteiger partial charge in [-0.1, -0.05) is 0 Å². The number of ether oxygens (including phenoxy) is 1. The van der Waals surface area contributed by atoms with Crippen LogP contribution in [0.5, 0.6) is 5.75 Å². The van der Waals surface area contributed by atoms with Gasteiger partial charge in [0.2, 0.25) is 0 Å². The fourth-order valence-electron chi connectivity index (χ4n) is 2.94. The Morgan fingerprint density at radius 2 is 1.88 bits per heavy atom. The van der Waals surface area contributed by atoms with Crippen LogP contribution in [0.3, 0.4) is 0 Å². The Bertz CT molecular complexity index is 1250. The number of rotatable bonds is 8. The Morgan fingerprint density at radius 1 is 1.19 bits per heavy atom. The van der Waals surface area contributed by atoms with Crippen molar-refractivity contribution in [2.75, 3.05) is 18.9 Å². The van der Waals surface area contributed by atoms with Crippen molar-refractivity contribution in [3.05, 3.63) is 80.0 Å². The van der Waals surface area contributed by atoms with Crippen molar-refractivity contribution in [1.29, 1.82) is 0 Å². The number of nitro benzene ring substituents is 1. The number of nitro groups is 1. The first kappa shape index (κ1) is 23.2. The normalized spacial score (nSPS) is 11.1. The number of anilines is 1. The summed E-state index contributed by atoms with van der Waals surface area (Å²) >= 11 is 1.57. The summed E-state index contributed by atoms with van der Waals surface area (Å²) in [6.45, 7) is 2.43. The Kier molecular flexibility index (Phi) is 6.80. The Hall–Kier alpha value is -3.44. The van der Waals surface area contributed by atoms with Crippen LogP contribution in [-0.4, -0.2) is 38.3 Å². The first-order chi connectivity index (χ1) is 15.1. The third kappa shape index (κ3) is 5.06. The maximum Gasteiger partial charge on any atom is 0.271 e. The number of aryl methyl sites for hydroxylation is 1. The van der Waals surface area contributed by atoms with Gasteiger partial charge in [-0.3, -0.25) is 19.6 Å². The zero-order valence-corrected chi connectivity index (χ0v) is 19.2. The Balaban J connectivity index is 1.79. The molecule has 1 amide bonds. The number of thiophene rings is 1. The molecule has 3 aromatic rings. The number of amides is 1. The summed E-state index contributed by atoms with van der Waals surface area (Å²) in [6.07, 6.45) is 0. The van der Waals surface area contributed by atoms with Crippen LogP contribution < -0.4 is 9.46 Å². The first-order valence-corrected chi connectivity index (χ1v) is 11.7. The quantitative estimate of drug-likeness (QED) is 0.388. The fourth-order valence-corrected chi connectivity index (χ4v) is 4.96. The van der Waals surface area contributed by atoms with Gasteiger partial charge in [0, 0.05) is 29.6 Å². The number of nitrogens with one attached hydrogen (secondary N) is 1. The van der Waals surface area contributed by atoms with Crippen LogP contribution in [-0.2, 0) is 16.6 Å². The van der Waals surface area contributed by atoms with Crippen molar-refractivity contribution in [3.63, 3.8) is 0 Å². The molecule has 0 fully saturated rings. The molecular weight excluding hydrogens is 454 g/mol. The summed E-state index contributed by atoms with van der Waals surface area (Å²) in [7, 11) is -1.06. The van der Waals surface area contributed by atoms with Crippen molar-refractivity contribution in [1.82, 2.24) is 4.90 Å². The van der Waals surface area contributed by atoms with E-state index in [2.05, 4.69) is 4.72 Å². The number of hydrogen-bond acceptors (Lipinski definition) is 7. The molecule has 9 nitrogen and oxygen atoms in total. The molecule has 0 spiro atoms. The van der Waals surface area contributed by atoms with Gasteiger partial charge in [-0.25, -0.2) is 8.42 Å². The topological polar surface area (TPSA) is 119 Å². The summed E-state index contributed by atoms with van der Waals surface area (Å²) in [5, 5.41) is 13.0. The first-order valence-electron chi connectivity index (χ1n) is 9.36. The molecule has 168 valence electrons. The molecule has 32 heavy (non-hydrogen) atoms. The molecule has 1 heterocycles. The van der Waals surface area contributed by atoms with E-state index >= 15 is 0 Å². The predicted molar refractivity (Wildman–Crippen MR) is 122 cm³/mol. The van der Waals surface area contributed by atoms with Crippen molar-refractivity contribution >= 4 is 38.6 Å². The number of methoxy groups -OCH3 is 1. The molecule has 0 aliphatic rings. The van der Waals surface area contributed by atoms with Gasteiger partial charge in [-0.2, -0.15) is 0 Å². The molecule has 11 heteroatoms. The van der Waals surface area contributed by atoms with Crippen LogP contribution in [0.2, 0.25) is 0 Å². The molecule has 0 radical (unpaired) electrons. The highest BCUT2D eigenvalue weighted by Gasteiger charge is 2.20. The SMILES string of the molecule is COc1ccc([N+](=O)[O-])cc1NS(=O)(=O)c1ccc(C(=O)N(C)Cc2sccc2C)cc1. The summed E-state index contributed by atoms with van der Waals surface area (Å²) in [5.41, 5.74) is 1.11. The molecule has 0 bridgehead atoms. The molecule has 3 rings (SSSR count). The smallest absolute Gasteiger partial charge is 0.271 e. The van der Waals surface area contributed by atoms with Crippen LogP contribution in [0.15, 0.2) is 58.8 Å². The maximum absolute atomic E-state index is 12.8. The largest absolute Gasteiger partial charge is 0.495 e. The van der Waals surface area contributed by atoms with Gasteiger partial charge in [-0.15, -0.1) is 11.3 Å². The molecule has 0 saturated heterocycles. The summed E-state index contributed by atoms with van der Waals surface area (Å²) in [5.74, 6) is -0.105. The minimum absolute atomic E-state index is 0.0621. The number of hydrogen-bond donors (Lipinski definition) is 1. The van der Waals surface area contributed by atoms with Gasteiger partial charge >= 0.3 is 0 Å². The second-order valence-electron chi connectivity index (χ2n) is 6.96. The molecule has 2 aromatic carbocycles. The predicted octanol–water partition coefficient (Wildman–Crippen LogP) is 4.05. The van der Waals surface area contributed by atoms with Gasteiger partial charge in [0.25, 0.3) is 21.6 Å². The lowest BCUT2D eigenvalue weighted by Gasteiger charge is -2.17. The molecule has 0 aliphatic heterocycles. The van der Waals surface area contributed by atoms with E-state index in [-0.39, 0.29) is 27.9 Å². The number of nitrogens with zero attached hydrogens (tertiary/aromatic N) is 2. The van der Waals surface area contributed by atoms with Crippen molar-refractivity contribution in [3.8, 4) is 5.75 Å². The third-order valence-electron chi connectivity index (χ3n) is 4.75. The lowest BCUT2D eigenvalue weighted by atomic mass is 10.2. The number of carbonyl (C=O) groups excluding carboxylic acids is 1. The van der Waals surface area contributed by atoms with E-state index in [1.165, 1.54) is 43.5 Å². The lowest BCUT2D eigenvalue weighted by molar-refractivity contribution is -0.384. The number of sulfonamides is 1. The van der Waals surface area contributed by atoms with E-state index in [4.69, 9.17) is 4.74 Å². The monoisotopic (exact) mass is 475 g/mol. The zero-order chi connectivity index (χ0) is 23.5. The van der Waals surface area contributed by atoms with Crippen LogP contribution in [0, 0.1) is 17.0 Å². The molecule has 1 aromatic heterocycles. The van der Waals surface area contributed by atoms with E-state index in [0.29, 0.717) is 12.1 Å². The lowest BCUT2D eigenvalue weighted by Crippen LogP contribution is -2.26. The van der Waals surface area contributed by atoms with E-state index in [1.54, 1.807) is 23.3 Å².